The van der Waals surface area contributed by atoms with Crippen LogP contribution in [0.3, 0.4) is 0 Å². The molecule has 0 aliphatic carbocycles. The Balaban J connectivity index is 2.26. The highest BCUT2D eigenvalue weighted by Crippen LogP contribution is 2.28. The summed E-state index contributed by atoms with van der Waals surface area (Å²) in [6.45, 7) is 4.33. The van der Waals surface area contributed by atoms with Gasteiger partial charge in [-0.25, -0.2) is 0 Å². The lowest BCUT2D eigenvalue weighted by Gasteiger charge is -2.33. The molecule has 1 fully saturated rings. The minimum atomic E-state index is 0.750. The summed E-state index contributed by atoms with van der Waals surface area (Å²) in [7, 11) is 1.65. The zero-order valence-corrected chi connectivity index (χ0v) is 10.5. The van der Waals surface area contributed by atoms with Crippen molar-refractivity contribution < 1.29 is 9.53 Å². The number of rotatable bonds is 3. The number of hydrogen-bond donors (Lipinski definition) is 0. The number of hydrogen-bond acceptors (Lipinski definition) is 3. The van der Waals surface area contributed by atoms with E-state index in [9.17, 15) is 4.79 Å². The summed E-state index contributed by atoms with van der Waals surface area (Å²) in [5.74, 6) is 1.60. The summed E-state index contributed by atoms with van der Waals surface area (Å²) >= 11 is 0. The zero-order chi connectivity index (χ0) is 12.3. The molecule has 1 heterocycles. The van der Waals surface area contributed by atoms with E-state index in [1.165, 1.54) is 12.8 Å². The maximum atomic E-state index is 11.1. The molecule has 3 heteroatoms. The monoisotopic (exact) mass is 233 g/mol. The van der Waals surface area contributed by atoms with Crippen LogP contribution in [-0.2, 0) is 0 Å². The molecule has 0 atom stereocenters. The second-order valence-electron chi connectivity index (χ2n) is 4.71. The van der Waals surface area contributed by atoms with Crippen LogP contribution in [0.4, 0.5) is 5.69 Å². The van der Waals surface area contributed by atoms with Crippen LogP contribution in [-0.4, -0.2) is 26.5 Å². The molecule has 0 N–H and O–H groups in total. The highest BCUT2D eigenvalue weighted by Gasteiger charge is 2.18. The molecule has 92 valence electrons. The second-order valence-corrected chi connectivity index (χ2v) is 4.71. The van der Waals surface area contributed by atoms with Gasteiger partial charge in [-0.2, -0.15) is 0 Å². The smallest absolute Gasteiger partial charge is 0.152 e. The van der Waals surface area contributed by atoms with Gasteiger partial charge in [0.25, 0.3) is 0 Å². The highest BCUT2D eigenvalue weighted by molar-refractivity contribution is 5.85. The molecular formula is C14H19NO2. The van der Waals surface area contributed by atoms with Crippen molar-refractivity contribution in [3.05, 3.63) is 23.8 Å². The Morgan fingerprint density at radius 2 is 2.06 bits per heavy atom. The van der Waals surface area contributed by atoms with Crippen LogP contribution < -0.4 is 9.64 Å². The van der Waals surface area contributed by atoms with Crippen LogP contribution in [0.2, 0.25) is 0 Å². The van der Waals surface area contributed by atoms with Gasteiger partial charge in [0.15, 0.2) is 6.29 Å². The van der Waals surface area contributed by atoms with Crippen molar-refractivity contribution in [1.82, 2.24) is 0 Å². The van der Waals surface area contributed by atoms with Crippen molar-refractivity contribution in [2.24, 2.45) is 5.92 Å². The number of nitrogens with zero attached hydrogens (tertiary/aromatic N) is 1. The molecule has 0 saturated carbocycles. The minimum absolute atomic E-state index is 0.750. The molecule has 17 heavy (non-hydrogen) atoms. The van der Waals surface area contributed by atoms with Crippen molar-refractivity contribution in [3.8, 4) is 5.75 Å². The number of methoxy groups -OCH3 is 1. The molecule has 1 aliphatic rings. The Morgan fingerprint density at radius 1 is 1.35 bits per heavy atom. The van der Waals surface area contributed by atoms with Crippen LogP contribution >= 0.6 is 0 Å². The Kier molecular flexibility index (Phi) is 3.67. The molecule has 1 aromatic carbocycles. The topological polar surface area (TPSA) is 29.5 Å². The van der Waals surface area contributed by atoms with E-state index in [4.69, 9.17) is 4.74 Å². The zero-order valence-electron chi connectivity index (χ0n) is 10.5. The molecule has 3 nitrogen and oxygen atoms in total. The fourth-order valence-corrected chi connectivity index (χ4v) is 2.27. The summed E-state index contributed by atoms with van der Waals surface area (Å²) in [6.07, 6.45) is 3.30. The second kappa shape index (κ2) is 5.21. The average molecular weight is 233 g/mol. The summed E-state index contributed by atoms with van der Waals surface area (Å²) < 4.78 is 5.22. The molecule has 1 saturated heterocycles. The lowest BCUT2D eigenvalue weighted by Crippen LogP contribution is -2.33. The number of benzene rings is 1. The van der Waals surface area contributed by atoms with Gasteiger partial charge in [-0.05, 0) is 30.9 Å². The van der Waals surface area contributed by atoms with Crippen molar-refractivity contribution >= 4 is 12.0 Å². The van der Waals surface area contributed by atoms with E-state index in [1.54, 1.807) is 7.11 Å². The van der Waals surface area contributed by atoms with Gasteiger partial charge in [0.05, 0.1) is 12.8 Å². The summed E-state index contributed by atoms with van der Waals surface area (Å²) in [6, 6.07) is 5.62. The summed E-state index contributed by atoms with van der Waals surface area (Å²) in [5.41, 5.74) is 1.76. The molecule has 0 unspecified atom stereocenters. The average Bonchev–Trinajstić information content (AvgIpc) is 2.39. The number of piperidine rings is 1. The van der Waals surface area contributed by atoms with Gasteiger partial charge < -0.3 is 9.64 Å². The lowest BCUT2D eigenvalue weighted by atomic mass is 9.98. The molecule has 0 spiro atoms. The van der Waals surface area contributed by atoms with E-state index in [1.807, 2.05) is 18.2 Å². The molecule has 2 rings (SSSR count). The quantitative estimate of drug-likeness (QED) is 0.752. The molecule has 1 aliphatic heterocycles. The molecule has 0 amide bonds. The third-order valence-corrected chi connectivity index (χ3v) is 3.49. The first-order valence-corrected chi connectivity index (χ1v) is 6.12. The normalized spacial score (nSPS) is 16.9. The van der Waals surface area contributed by atoms with E-state index in [-0.39, 0.29) is 0 Å². The molecular weight excluding hydrogens is 214 g/mol. The van der Waals surface area contributed by atoms with Gasteiger partial charge in [0.2, 0.25) is 0 Å². The van der Waals surface area contributed by atoms with Crippen LogP contribution in [0, 0.1) is 5.92 Å². The number of ether oxygens (including phenoxy) is 1. The van der Waals surface area contributed by atoms with E-state index in [0.717, 1.165) is 42.3 Å². The Morgan fingerprint density at radius 3 is 2.65 bits per heavy atom. The molecule has 0 bridgehead atoms. The Bertz CT molecular complexity index is 395. The number of carbonyl (C=O) groups excluding carboxylic acids is 1. The highest BCUT2D eigenvalue weighted by atomic mass is 16.5. The first kappa shape index (κ1) is 12.0. The van der Waals surface area contributed by atoms with E-state index < -0.39 is 0 Å². The predicted molar refractivity (Wildman–Crippen MR) is 69.0 cm³/mol. The van der Waals surface area contributed by atoms with Crippen molar-refractivity contribution in [2.75, 3.05) is 25.1 Å². The lowest BCUT2D eigenvalue weighted by molar-refractivity contribution is 0.112. The Labute approximate surface area is 102 Å². The number of aldehydes is 1. The van der Waals surface area contributed by atoms with Crippen LogP contribution in [0.15, 0.2) is 18.2 Å². The maximum absolute atomic E-state index is 11.1. The third-order valence-electron chi connectivity index (χ3n) is 3.49. The van der Waals surface area contributed by atoms with Crippen LogP contribution in [0.5, 0.6) is 5.75 Å². The maximum Gasteiger partial charge on any atom is 0.152 e. The van der Waals surface area contributed by atoms with Gasteiger partial charge in [-0.15, -0.1) is 0 Å². The Hall–Kier alpha value is -1.51. The van der Waals surface area contributed by atoms with E-state index in [0.29, 0.717) is 0 Å². The first-order valence-electron chi connectivity index (χ1n) is 6.12. The van der Waals surface area contributed by atoms with Crippen LogP contribution in [0.25, 0.3) is 0 Å². The van der Waals surface area contributed by atoms with Gasteiger partial charge >= 0.3 is 0 Å². The fraction of sp³-hybridized carbons (Fsp3) is 0.500. The van der Waals surface area contributed by atoms with Gasteiger partial charge in [0.1, 0.15) is 5.75 Å². The van der Waals surface area contributed by atoms with Gasteiger partial charge in [-0.3, -0.25) is 4.79 Å². The SMILES string of the molecule is COc1ccc(C=O)c(N2CCC(C)CC2)c1. The fourth-order valence-electron chi connectivity index (χ4n) is 2.27. The van der Waals surface area contributed by atoms with Gasteiger partial charge in [0, 0.05) is 24.7 Å². The summed E-state index contributed by atoms with van der Waals surface area (Å²) in [5, 5.41) is 0. The first-order chi connectivity index (χ1) is 8.24. The van der Waals surface area contributed by atoms with Gasteiger partial charge in [-0.1, -0.05) is 6.92 Å². The third kappa shape index (κ3) is 2.60. The standard InChI is InChI=1S/C14H19NO2/c1-11-5-7-15(8-6-11)14-9-13(17-2)4-3-12(14)10-16/h3-4,9-11H,5-8H2,1-2H3. The number of anilines is 1. The van der Waals surface area contributed by atoms with Crippen molar-refractivity contribution in [1.29, 1.82) is 0 Å². The largest absolute Gasteiger partial charge is 0.497 e. The predicted octanol–water partition coefficient (Wildman–Crippen LogP) is 2.74. The number of carbonyl (C=O) groups is 1. The van der Waals surface area contributed by atoms with E-state index >= 15 is 0 Å². The molecule has 1 aromatic rings. The van der Waals surface area contributed by atoms with Crippen molar-refractivity contribution in [2.45, 2.75) is 19.8 Å². The molecule has 0 aromatic heterocycles. The minimum Gasteiger partial charge on any atom is -0.497 e. The van der Waals surface area contributed by atoms with E-state index in [2.05, 4.69) is 11.8 Å². The molecule has 0 radical (unpaired) electrons. The van der Waals surface area contributed by atoms with Crippen molar-refractivity contribution in [3.63, 3.8) is 0 Å². The summed E-state index contributed by atoms with van der Waals surface area (Å²) in [4.78, 5) is 13.4. The van der Waals surface area contributed by atoms with Crippen LogP contribution in [0.1, 0.15) is 30.1 Å².